The molecule has 0 unspecified atom stereocenters. The molecule has 41 heavy (non-hydrogen) atoms. The fourth-order valence-corrected chi connectivity index (χ4v) is 6.07. The van der Waals surface area contributed by atoms with Gasteiger partial charge >= 0.3 is 0 Å². The van der Waals surface area contributed by atoms with Crippen molar-refractivity contribution in [2.24, 2.45) is 0 Å². The van der Waals surface area contributed by atoms with Gasteiger partial charge in [-0.25, -0.2) is 8.42 Å². The van der Waals surface area contributed by atoms with Crippen molar-refractivity contribution >= 4 is 43.5 Å². The lowest BCUT2D eigenvalue weighted by Crippen LogP contribution is -2.50. The second-order valence-electron chi connectivity index (χ2n) is 10.1. The summed E-state index contributed by atoms with van der Waals surface area (Å²) in [6, 6.07) is 24.1. The van der Waals surface area contributed by atoms with Gasteiger partial charge in [0.1, 0.15) is 6.04 Å². The van der Waals surface area contributed by atoms with E-state index in [2.05, 4.69) is 21.2 Å². The molecule has 0 radical (unpaired) electrons. The van der Waals surface area contributed by atoms with Crippen molar-refractivity contribution < 1.29 is 18.0 Å². The monoisotopic (exact) mass is 641 g/mol. The maximum Gasteiger partial charge on any atom is 0.243 e. The molecule has 0 bridgehead atoms. The number of amides is 2. The second-order valence-corrected chi connectivity index (χ2v) is 12.9. The van der Waals surface area contributed by atoms with E-state index in [-0.39, 0.29) is 31.3 Å². The number of hydrogen-bond donors (Lipinski definition) is 1. The van der Waals surface area contributed by atoms with Gasteiger partial charge in [-0.2, -0.15) is 0 Å². The molecule has 0 aliphatic heterocycles. The van der Waals surface area contributed by atoms with Crippen molar-refractivity contribution in [3.05, 3.63) is 100 Å². The molecule has 3 aromatic carbocycles. The van der Waals surface area contributed by atoms with Crippen LogP contribution in [0, 0.1) is 0 Å². The first-order valence-electron chi connectivity index (χ1n) is 14.0. The minimum Gasteiger partial charge on any atom is -0.354 e. The summed E-state index contributed by atoms with van der Waals surface area (Å²) in [7, 11) is -3.55. The number of carbonyl (C=O) groups is 2. The smallest absolute Gasteiger partial charge is 0.243 e. The van der Waals surface area contributed by atoms with Crippen LogP contribution < -0.4 is 9.62 Å². The van der Waals surface area contributed by atoms with Crippen LogP contribution >= 0.6 is 15.9 Å². The van der Waals surface area contributed by atoms with Crippen LogP contribution in [0.15, 0.2) is 83.3 Å². The number of carbonyl (C=O) groups excluding carboxylic acids is 2. The zero-order valence-corrected chi connectivity index (χ0v) is 26.5. The number of aryl methyl sites for hydroxylation is 1. The molecule has 0 fully saturated rings. The number of nitrogens with zero attached hydrogens (tertiary/aromatic N) is 2. The van der Waals surface area contributed by atoms with Crippen molar-refractivity contribution in [1.29, 1.82) is 0 Å². The summed E-state index contributed by atoms with van der Waals surface area (Å²) >= 11 is 3.51. The maximum atomic E-state index is 13.9. The van der Waals surface area contributed by atoms with Gasteiger partial charge in [-0.3, -0.25) is 13.9 Å². The van der Waals surface area contributed by atoms with E-state index >= 15 is 0 Å². The normalized spacial score (nSPS) is 12.0. The largest absolute Gasteiger partial charge is 0.354 e. The summed E-state index contributed by atoms with van der Waals surface area (Å²) < 4.78 is 27.5. The van der Waals surface area contributed by atoms with Crippen LogP contribution in [0.3, 0.4) is 0 Å². The molecule has 3 aromatic rings. The minimum absolute atomic E-state index is 0.0966. The summed E-state index contributed by atoms with van der Waals surface area (Å²) in [5.74, 6) is -0.403. The predicted octanol–water partition coefficient (Wildman–Crippen LogP) is 5.72. The molecule has 0 saturated heterocycles. The van der Waals surface area contributed by atoms with Crippen LogP contribution in [0.5, 0.6) is 0 Å². The van der Waals surface area contributed by atoms with Crippen molar-refractivity contribution in [2.45, 2.75) is 58.5 Å². The van der Waals surface area contributed by atoms with E-state index in [1.165, 1.54) is 10.6 Å². The molecule has 0 spiro atoms. The predicted molar refractivity (Wildman–Crippen MR) is 169 cm³/mol. The quantitative estimate of drug-likeness (QED) is 0.230. The summed E-state index contributed by atoms with van der Waals surface area (Å²) in [5, 5.41) is 2.98. The first-order valence-corrected chi connectivity index (χ1v) is 16.7. The molecule has 0 aliphatic carbocycles. The molecule has 0 saturated carbocycles. The first kappa shape index (κ1) is 32.3. The summed E-state index contributed by atoms with van der Waals surface area (Å²) in [6.07, 6.45) is 3.59. The Bertz CT molecular complexity index is 1380. The number of nitrogens with one attached hydrogen (secondary N) is 1. The van der Waals surface area contributed by atoms with Crippen LogP contribution in [-0.4, -0.2) is 50.5 Å². The van der Waals surface area contributed by atoms with E-state index in [4.69, 9.17) is 0 Å². The third-order valence-electron chi connectivity index (χ3n) is 6.85. The van der Waals surface area contributed by atoms with E-state index in [9.17, 15) is 18.0 Å². The number of anilines is 1. The van der Waals surface area contributed by atoms with Gasteiger partial charge in [-0.05, 0) is 60.2 Å². The van der Waals surface area contributed by atoms with Crippen LogP contribution in [0.1, 0.15) is 49.8 Å². The Balaban J connectivity index is 1.86. The Morgan fingerprint density at radius 2 is 1.59 bits per heavy atom. The fourth-order valence-electron chi connectivity index (χ4n) is 4.65. The lowest BCUT2D eigenvalue weighted by molar-refractivity contribution is -0.141. The van der Waals surface area contributed by atoms with Crippen molar-refractivity contribution in [1.82, 2.24) is 10.2 Å². The molecule has 7 nitrogen and oxygen atoms in total. The van der Waals surface area contributed by atoms with Crippen LogP contribution in [0.2, 0.25) is 0 Å². The lowest BCUT2D eigenvalue weighted by atomic mass is 10.0. The number of rotatable bonds is 15. The van der Waals surface area contributed by atoms with Gasteiger partial charge in [-0.15, -0.1) is 0 Å². The van der Waals surface area contributed by atoms with Gasteiger partial charge in [0.15, 0.2) is 0 Å². The van der Waals surface area contributed by atoms with E-state index < -0.39 is 16.1 Å². The Kier molecular flexibility index (Phi) is 12.4. The molecular weight excluding hydrogens is 602 g/mol. The average molecular weight is 643 g/mol. The van der Waals surface area contributed by atoms with Gasteiger partial charge in [-0.1, -0.05) is 84.4 Å². The van der Waals surface area contributed by atoms with Gasteiger partial charge in [0.2, 0.25) is 21.8 Å². The third-order valence-corrected chi connectivity index (χ3v) is 8.53. The SMILES string of the molecule is CCCNC(=O)[C@H](Cc1ccccc1)N(Cc1cccc(Br)c1)C(=O)CCCN(c1ccc(CC)cc1)S(C)(=O)=O. The molecule has 220 valence electrons. The molecule has 2 amide bonds. The van der Waals surface area contributed by atoms with Crippen LogP contribution in [-0.2, 0) is 39.0 Å². The third kappa shape index (κ3) is 10.0. The molecule has 1 N–H and O–H groups in total. The summed E-state index contributed by atoms with van der Waals surface area (Å²) in [6.45, 7) is 4.96. The van der Waals surface area contributed by atoms with E-state index in [0.29, 0.717) is 25.1 Å². The highest BCUT2D eigenvalue weighted by atomic mass is 79.9. The Hall–Kier alpha value is -3.17. The lowest BCUT2D eigenvalue weighted by Gasteiger charge is -2.32. The summed E-state index contributed by atoms with van der Waals surface area (Å²) in [4.78, 5) is 29.0. The highest BCUT2D eigenvalue weighted by molar-refractivity contribution is 9.10. The highest BCUT2D eigenvalue weighted by Crippen LogP contribution is 2.22. The zero-order valence-electron chi connectivity index (χ0n) is 24.1. The zero-order chi connectivity index (χ0) is 29.8. The van der Waals surface area contributed by atoms with Crippen molar-refractivity contribution in [3.8, 4) is 0 Å². The van der Waals surface area contributed by atoms with Gasteiger partial charge in [0.25, 0.3) is 0 Å². The Morgan fingerprint density at radius 3 is 2.20 bits per heavy atom. The number of sulfonamides is 1. The maximum absolute atomic E-state index is 13.9. The second kappa shape index (κ2) is 15.7. The van der Waals surface area contributed by atoms with E-state index in [1.807, 2.05) is 80.6 Å². The molecule has 0 heterocycles. The number of hydrogen-bond acceptors (Lipinski definition) is 4. The molecule has 1 atom stereocenters. The van der Waals surface area contributed by atoms with E-state index in [0.717, 1.165) is 34.0 Å². The van der Waals surface area contributed by atoms with E-state index in [1.54, 1.807) is 17.0 Å². The molecule has 3 rings (SSSR count). The number of benzene rings is 3. The molecule has 0 aromatic heterocycles. The Morgan fingerprint density at radius 1 is 0.902 bits per heavy atom. The van der Waals surface area contributed by atoms with Crippen LogP contribution in [0.25, 0.3) is 0 Å². The molecule has 0 aliphatic rings. The Labute approximate surface area is 253 Å². The van der Waals surface area contributed by atoms with Gasteiger partial charge in [0.05, 0.1) is 11.9 Å². The highest BCUT2D eigenvalue weighted by Gasteiger charge is 2.30. The topological polar surface area (TPSA) is 86.8 Å². The number of halogens is 1. The van der Waals surface area contributed by atoms with Gasteiger partial charge < -0.3 is 10.2 Å². The minimum atomic E-state index is -3.55. The standard InChI is InChI=1S/C32H40BrN3O4S/c1-4-20-34-32(38)30(23-26-11-7-6-8-12-26)35(24-27-13-9-14-28(33)22-27)31(37)15-10-21-36(41(3,39)40)29-18-16-25(5-2)17-19-29/h6-9,11-14,16-19,22,30H,4-5,10,15,20-21,23-24H2,1-3H3,(H,34,38)/t30-/m0/s1. The average Bonchev–Trinajstić information content (AvgIpc) is 2.95. The molecule has 9 heteroatoms. The van der Waals surface area contributed by atoms with Crippen molar-refractivity contribution in [3.63, 3.8) is 0 Å². The fraction of sp³-hybridized carbons (Fsp3) is 0.375. The van der Waals surface area contributed by atoms with Crippen LogP contribution in [0.4, 0.5) is 5.69 Å². The van der Waals surface area contributed by atoms with Gasteiger partial charge in [0, 0.05) is 36.9 Å². The summed E-state index contributed by atoms with van der Waals surface area (Å²) in [5.41, 5.74) is 3.54. The van der Waals surface area contributed by atoms with Crippen molar-refractivity contribution in [2.75, 3.05) is 23.7 Å². The molecular formula is C32H40BrN3O4S. The first-order chi connectivity index (χ1) is 19.6.